The van der Waals surface area contributed by atoms with Crippen molar-refractivity contribution in [3.05, 3.63) is 47.7 Å². The van der Waals surface area contributed by atoms with Gasteiger partial charge in [-0.1, -0.05) is 11.6 Å². The second-order valence-corrected chi connectivity index (χ2v) is 4.84. The second kappa shape index (κ2) is 4.39. The third-order valence-corrected chi connectivity index (χ3v) is 3.28. The smallest absolute Gasteiger partial charge is 0.261 e. The lowest BCUT2D eigenvalue weighted by Crippen LogP contribution is -1.73. The summed E-state index contributed by atoms with van der Waals surface area (Å²) >= 11 is 7.35. The molecule has 0 aliphatic rings. The van der Waals surface area contributed by atoms with Crippen LogP contribution in [0.4, 0.5) is 0 Å². The summed E-state index contributed by atoms with van der Waals surface area (Å²) in [5.74, 6) is 0. The summed E-state index contributed by atoms with van der Waals surface area (Å²) in [4.78, 5) is 9.36. The third-order valence-electron chi connectivity index (χ3n) is 2.18. The van der Waals surface area contributed by atoms with Gasteiger partial charge in [0.2, 0.25) is 0 Å². The zero-order valence-electron chi connectivity index (χ0n) is 8.63. The zero-order valence-corrected chi connectivity index (χ0v) is 10.2. The highest BCUT2D eigenvalue weighted by atomic mass is 35.5. The molecular formula is C12H7ClN2OS. The van der Waals surface area contributed by atoms with Gasteiger partial charge in [-0.3, -0.25) is 4.98 Å². The predicted octanol–water partition coefficient (Wildman–Crippen LogP) is 4.03. The molecule has 0 fully saturated rings. The van der Waals surface area contributed by atoms with Gasteiger partial charge in [-0.2, -0.15) is 0 Å². The molecule has 1 aromatic carbocycles. The van der Waals surface area contributed by atoms with Gasteiger partial charge >= 0.3 is 0 Å². The first-order chi connectivity index (χ1) is 8.31. The number of oxazole rings is 1. The Labute approximate surface area is 107 Å². The maximum absolute atomic E-state index is 5.89. The first kappa shape index (κ1) is 10.6. The fourth-order valence-electron chi connectivity index (χ4n) is 1.43. The van der Waals surface area contributed by atoms with Crippen molar-refractivity contribution in [2.75, 3.05) is 0 Å². The summed E-state index contributed by atoms with van der Waals surface area (Å²) in [6, 6.07) is 9.22. The highest BCUT2D eigenvalue weighted by Crippen LogP contribution is 2.30. The van der Waals surface area contributed by atoms with Crippen LogP contribution >= 0.6 is 23.4 Å². The Kier molecular flexibility index (Phi) is 2.74. The van der Waals surface area contributed by atoms with Gasteiger partial charge in [0.25, 0.3) is 5.22 Å². The minimum atomic E-state index is 0.605. The van der Waals surface area contributed by atoms with E-state index in [-0.39, 0.29) is 0 Å². The van der Waals surface area contributed by atoms with Crippen molar-refractivity contribution in [2.45, 2.75) is 10.1 Å². The van der Waals surface area contributed by atoms with E-state index in [1.165, 1.54) is 11.8 Å². The van der Waals surface area contributed by atoms with Crippen LogP contribution in [0.1, 0.15) is 0 Å². The van der Waals surface area contributed by atoms with Crippen LogP contribution in [0.25, 0.3) is 11.1 Å². The van der Waals surface area contributed by atoms with Gasteiger partial charge in [0.05, 0.1) is 0 Å². The molecule has 3 aromatic rings. The number of nitrogens with zero attached hydrogens (tertiary/aromatic N) is 2. The topological polar surface area (TPSA) is 38.9 Å². The molecule has 0 bridgehead atoms. The van der Waals surface area contributed by atoms with Crippen molar-refractivity contribution in [2.24, 2.45) is 0 Å². The normalized spacial score (nSPS) is 10.9. The minimum absolute atomic E-state index is 0.605. The summed E-state index contributed by atoms with van der Waals surface area (Å²) in [5.41, 5.74) is 1.51. The van der Waals surface area contributed by atoms with Crippen LogP contribution in [0.15, 0.2) is 57.3 Å². The van der Waals surface area contributed by atoms with Crippen LogP contribution in [0.2, 0.25) is 5.02 Å². The summed E-state index contributed by atoms with van der Waals surface area (Å²) in [6.07, 6.45) is 3.48. The van der Waals surface area contributed by atoms with Crippen LogP contribution in [0.5, 0.6) is 0 Å². The van der Waals surface area contributed by atoms with Gasteiger partial charge in [0.15, 0.2) is 5.58 Å². The SMILES string of the molecule is Clc1ccc2oc(Sc3ccncc3)nc2c1. The van der Waals surface area contributed by atoms with Crippen LogP contribution in [0, 0.1) is 0 Å². The molecule has 3 nitrogen and oxygen atoms in total. The van der Waals surface area contributed by atoms with Gasteiger partial charge in [-0.15, -0.1) is 0 Å². The molecule has 0 saturated carbocycles. The lowest BCUT2D eigenvalue weighted by molar-refractivity contribution is 0.489. The van der Waals surface area contributed by atoms with Crippen molar-refractivity contribution in [1.29, 1.82) is 0 Å². The average molecular weight is 263 g/mol. The van der Waals surface area contributed by atoms with Gasteiger partial charge in [0, 0.05) is 22.3 Å². The number of aromatic nitrogens is 2. The molecule has 0 amide bonds. The van der Waals surface area contributed by atoms with E-state index >= 15 is 0 Å². The van der Waals surface area contributed by atoms with Crippen molar-refractivity contribution in [1.82, 2.24) is 9.97 Å². The van der Waals surface area contributed by atoms with Crippen LogP contribution in [-0.4, -0.2) is 9.97 Å². The van der Waals surface area contributed by atoms with E-state index in [1.54, 1.807) is 24.5 Å². The Morgan fingerprint density at radius 2 is 1.94 bits per heavy atom. The first-order valence-electron chi connectivity index (χ1n) is 4.95. The highest BCUT2D eigenvalue weighted by molar-refractivity contribution is 7.99. The minimum Gasteiger partial charge on any atom is -0.431 e. The van der Waals surface area contributed by atoms with Crippen molar-refractivity contribution in [3.8, 4) is 0 Å². The summed E-state index contributed by atoms with van der Waals surface area (Å²) < 4.78 is 5.60. The highest BCUT2D eigenvalue weighted by Gasteiger charge is 2.07. The summed E-state index contributed by atoms with van der Waals surface area (Å²) in [5, 5.41) is 1.26. The molecular weight excluding hydrogens is 256 g/mol. The van der Waals surface area contributed by atoms with Gasteiger partial charge in [-0.25, -0.2) is 4.98 Å². The largest absolute Gasteiger partial charge is 0.431 e. The maximum Gasteiger partial charge on any atom is 0.261 e. The molecule has 0 radical (unpaired) electrons. The molecule has 2 aromatic heterocycles. The number of pyridine rings is 1. The summed E-state index contributed by atoms with van der Waals surface area (Å²) in [7, 11) is 0. The number of rotatable bonds is 2. The molecule has 3 rings (SSSR count). The first-order valence-corrected chi connectivity index (χ1v) is 6.15. The molecule has 0 spiro atoms. The van der Waals surface area contributed by atoms with Gasteiger partial charge in [0.1, 0.15) is 5.52 Å². The number of hydrogen-bond donors (Lipinski definition) is 0. The Morgan fingerprint density at radius 3 is 2.76 bits per heavy atom. The molecule has 84 valence electrons. The quantitative estimate of drug-likeness (QED) is 0.699. The molecule has 0 unspecified atom stereocenters. The van der Waals surface area contributed by atoms with Gasteiger partial charge < -0.3 is 4.42 Å². The number of halogens is 1. The van der Waals surface area contributed by atoms with Crippen LogP contribution < -0.4 is 0 Å². The molecule has 17 heavy (non-hydrogen) atoms. The van der Waals surface area contributed by atoms with Crippen LogP contribution in [-0.2, 0) is 0 Å². The Hall–Kier alpha value is -1.52. The molecule has 5 heteroatoms. The lowest BCUT2D eigenvalue weighted by Gasteiger charge is -1.93. The maximum atomic E-state index is 5.89. The molecule has 0 aliphatic heterocycles. The molecule has 0 saturated heterocycles. The van der Waals surface area contributed by atoms with E-state index in [4.69, 9.17) is 16.0 Å². The van der Waals surface area contributed by atoms with E-state index < -0.39 is 0 Å². The fourth-order valence-corrected chi connectivity index (χ4v) is 2.33. The third kappa shape index (κ3) is 2.28. The van der Waals surface area contributed by atoms with E-state index in [0.717, 1.165) is 16.0 Å². The van der Waals surface area contributed by atoms with Crippen molar-refractivity contribution >= 4 is 34.5 Å². The lowest BCUT2D eigenvalue weighted by atomic mass is 10.3. The summed E-state index contributed by atoms with van der Waals surface area (Å²) in [6.45, 7) is 0. The number of benzene rings is 1. The number of fused-ring (bicyclic) bond motifs is 1. The monoisotopic (exact) mass is 262 g/mol. The van der Waals surface area contributed by atoms with Crippen molar-refractivity contribution < 1.29 is 4.42 Å². The molecule has 0 aliphatic carbocycles. The Bertz CT molecular complexity index is 654. The predicted molar refractivity (Wildman–Crippen MR) is 67.4 cm³/mol. The number of hydrogen-bond acceptors (Lipinski definition) is 4. The van der Waals surface area contributed by atoms with E-state index in [1.807, 2.05) is 18.2 Å². The Balaban J connectivity index is 1.96. The van der Waals surface area contributed by atoms with Gasteiger partial charge in [-0.05, 0) is 42.1 Å². The second-order valence-electron chi connectivity index (χ2n) is 3.38. The van der Waals surface area contributed by atoms with Crippen LogP contribution in [0.3, 0.4) is 0 Å². The zero-order chi connectivity index (χ0) is 11.7. The fraction of sp³-hybridized carbons (Fsp3) is 0. The van der Waals surface area contributed by atoms with E-state index in [9.17, 15) is 0 Å². The Morgan fingerprint density at radius 1 is 1.12 bits per heavy atom. The average Bonchev–Trinajstić information content (AvgIpc) is 2.71. The standard InChI is InChI=1S/C12H7ClN2OS/c13-8-1-2-11-10(7-8)15-12(16-11)17-9-3-5-14-6-4-9/h1-7H. The molecule has 0 N–H and O–H groups in total. The van der Waals surface area contributed by atoms with E-state index in [0.29, 0.717) is 10.2 Å². The van der Waals surface area contributed by atoms with E-state index in [2.05, 4.69) is 9.97 Å². The molecule has 0 atom stereocenters. The molecule has 2 heterocycles. The van der Waals surface area contributed by atoms with Crippen molar-refractivity contribution in [3.63, 3.8) is 0 Å².